The summed E-state index contributed by atoms with van der Waals surface area (Å²) in [5.41, 5.74) is 1.57. The molecule has 6 heteroatoms. The van der Waals surface area contributed by atoms with E-state index in [1.807, 2.05) is 19.9 Å². The number of carboxylic acid groups (broad SMARTS) is 1. The van der Waals surface area contributed by atoms with E-state index >= 15 is 0 Å². The second-order valence-corrected chi connectivity index (χ2v) is 13.6. The van der Waals surface area contributed by atoms with Gasteiger partial charge in [0.1, 0.15) is 6.10 Å². The standard InChI is InChI=1S/C31H48O6/c1-17(2)9-8-10-20(28(35)36)26-22-15-24(34)27-29(5)13-12-23(33)18(3)21(29)11-14-30(27,6)31(22,7)16-25(26)37-19(4)32/h9,18,21-25,27,33-34H,8,10-16H2,1-7H3,(H,35,36)/b26-20-/t18-,21-,22-,23+,24+,25-,27-,29-,30+,31-/m0/s1. The van der Waals surface area contributed by atoms with Crippen LogP contribution in [0.5, 0.6) is 0 Å². The molecule has 0 radical (unpaired) electrons. The fourth-order valence-electron chi connectivity index (χ4n) is 9.79. The largest absolute Gasteiger partial charge is 0.478 e. The van der Waals surface area contributed by atoms with Gasteiger partial charge in [0, 0.05) is 12.5 Å². The lowest BCUT2D eigenvalue weighted by atomic mass is 9.36. The number of hydrogen-bond donors (Lipinski definition) is 3. The van der Waals surface area contributed by atoms with E-state index in [-0.39, 0.29) is 40.1 Å². The second kappa shape index (κ2) is 9.82. The highest BCUT2D eigenvalue weighted by molar-refractivity contribution is 5.88. The van der Waals surface area contributed by atoms with Gasteiger partial charge in [0.25, 0.3) is 0 Å². The summed E-state index contributed by atoms with van der Waals surface area (Å²) in [6.07, 6.45) is 6.22. The van der Waals surface area contributed by atoms with E-state index in [1.165, 1.54) is 6.92 Å². The summed E-state index contributed by atoms with van der Waals surface area (Å²) in [7, 11) is 0. The fraction of sp³-hybridized carbons (Fsp3) is 0.806. The molecule has 208 valence electrons. The van der Waals surface area contributed by atoms with E-state index in [2.05, 4.69) is 27.7 Å². The Morgan fingerprint density at radius 2 is 1.70 bits per heavy atom. The number of aliphatic hydroxyl groups excluding tert-OH is 2. The number of allylic oxidation sites excluding steroid dienone is 2. The molecular weight excluding hydrogens is 468 g/mol. The van der Waals surface area contributed by atoms with Gasteiger partial charge in [-0.1, -0.05) is 39.3 Å². The molecule has 0 saturated heterocycles. The Bertz CT molecular complexity index is 994. The van der Waals surface area contributed by atoms with Crippen LogP contribution in [0, 0.1) is 39.9 Å². The number of aliphatic hydroxyl groups is 2. The Labute approximate surface area is 222 Å². The van der Waals surface area contributed by atoms with Crippen LogP contribution in [0.25, 0.3) is 0 Å². The highest BCUT2D eigenvalue weighted by Gasteiger charge is 2.70. The highest BCUT2D eigenvalue weighted by atomic mass is 16.5. The van der Waals surface area contributed by atoms with E-state index < -0.39 is 24.1 Å². The number of carbonyl (C=O) groups is 2. The van der Waals surface area contributed by atoms with Gasteiger partial charge in [-0.25, -0.2) is 4.79 Å². The minimum atomic E-state index is -0.953. The molecule has 4 fully saturated rings. The summed E-state index contributed by atoms with van der Waals surface area (Å²) < 4.78 is 5.87. The van der Waals surface area contributed by atoms with Gasteiger partial charge in [-0.2, -0.15) is 0 Å². The van der Waals surface area contributed by atoms with Crippen molar-refractivity contribution in [2.45, 2.75) is 118 Å². The second-order valence-electron chi connectivity index (χ2n) is 13.6. The SMILES string of the molecule is CC(=O)O[C@H]1C[C@@]2(C)[C@@H](C[C@@H](O)[C@H]3[C@@]4(C)CC[C@@H](O)[C@@H](C)[C@@H]4CC[C@]32C)/C1=C(\CCC=C(C)C)C(=O)O. The minimum Gasteiger partial charge on any atom is -0.478 e. The smallest absolute Gasteiger partial charge is 0.331 e. The molecule has 6 nitrogen and oxygen atoms in total. The lowest BCUT2D eigenvalue weighted by Gasteiger charge is -2.69. The van der Waals surface area contributed by atoms with Crippen molar-refractivity contribution in [3.8, 4) is 0 Å². The van der Waals surface area contributed by atoms with Gasteiger partial charge in [-0.3, -0.25) is 4.79 Å². The summed E-state index contributed by atoms with van der Waals surface area (Å²) in [4.78, 5) is 24.8. The molecule has 4 saturated carbocycles. The molecule has 0 aromatic rings. The van der Waals surface area contributed by atoms with Crippen LogP contribution in [0.2, 0.25) is 0 Å². The average Bonchev–Trinajstić information content (AvgIpc) is 3.05. The quantitative estimate of drug-likeness (QED) is 0.247. The van der Waals surface area contributed by atoms with Crippen LogP contribution < -0.4 is 0 Å². The Balaban J connectivity index is 1.82. The van der Waals surface area contributed by atoms with Crippen LogP contribution in [-0.4, -0.2) is 45.6 Å². The summed E-state index contributed by atoms with van der Waals surface area (Å²) >= 11 is 0. The minimum absolute atomic E-state index is 0.0474. The van der Waals surface area contributed by atoms with E-state index in [1.54, 1.807) is 0 Å². The Morgan fingerprint density at radius 1 is 1.03 bits per heavy atom. The van der Waals surface area contributed by atoms with Crippen LogP contribution in [-0.2, 0) is 14.3 Å². The third kappa shape index (κ3) is 4.40. The maximum Gasteiger partial charge on any atom is 0.331 e. The molecule has 4 aliphatic carbocycles. The molecule has 0 bridgehead atoms. The molecule has 37 heavy (non-hydrogen) atoms. The van der Waals surface area contributed by atoms with Gasteiger partial charge < -0.3 is 20.1 Å². The third-order valence-corrected chi connectivity index (χ3v) is 11.6. The zero-order valence-corrected chi connectivity index (χ0v) is 23.8. The molecule has 10 atom stereocenters. The fourth-order valence-corrected chi connectivity index (χ4v) is 9.79. The van der Waals surface area contributed by atoms with Crippen LogP contribution >= 0.6 is 0 Å². The Hall–Kier alpha value is -1.66. The van der Waals surface area contributed by atoms with Crippen molar-refractivity contribution >= 4 is 11.9 Å². The molecule has 4 rings (SSSR count). The lowest BCUT2D eigenvalue weighted by molar-refractivity contribution is -0.234. The van der Waals surface area contributed by atoms with Gasteiger partial charge >= 0.3 is 11.9 Å². The summed E-state index contributed by atoms with van der Waals surface area (Å²) in [5, 5.41) is 32.9. The third-order valence-electron chi connectivity index (χ3n) is 11.6. The van der Waals surface area contributed by atoms with Crippen molar-refractivity contribution in [2.75, 3.05) is 0 Å². The van der Waals surface area contributed by atoms with Gasteiger partial charge in [0.2, 0.25) is 0 Å². The number of aliphatic carboxylic acids is 1. The molecule has 0 unspecified atom stereocenters. The molecule has 3 N–H and O–H groups in total. The maximum atomic E-state index is 12.6. The number of carboxylic acids is 1. The van der Waals surface area contributed by atoms with Crippen LogP contribution in [0.3, 0.4) is 0 Å². The monoisotopic (exact) mass is 516 g/mol. The first-order valence-electron chi connectivity index (χ1n) is 14.3. The first-order chi connectivity index (χ1) is 17.2. The first kappa shape index (κ1) is 28.4. The maximum absolute atomic E-state index is 12.6. The van der Waals surface area contributed by atoms with Gasteiger partial charge in [-0.05, 0) is 111 Å². The van der Waals surface area contributed by atoms with Gasteiger partial charge in [-0.15, -0.1) is 0 Å². The van der Waals surface area contributed by atoms with E-state index in [9.17, 15) is 24.9 Å². The number of carbonyl (C=O) groups excluding carboxylic acids is 1. The molecule has 0 spiro atoms. The van der Waals surface area contributed by atoms with Gasteiger partial charge in [0.05, 0.1) is 12.2 Å². The zero-order valence-electron chi connectivity index (χ0n) is 23.8. The van der Waals surface area contributed by atoms with E-state index in [4.69, 9.17) is 4.74 Å². The number of hydrogen-bond acceptors (Lipinski definition) is 5. The van der Waals surface area contributed by atoms with Gasteiger partial charge in [0.15, 0.2) is 0 Å². The summed E-state index contributed by atoms with van der Waals surface area (Å²) in [5.74, 6) is -0.909. The van der Waals surface area contributed by atoms with Crippen molar-refractivity contribution in [2.24, 2.45) is 39.9 Å². The predicted molar refractivity (Wildman–Crippen MR) is 143 cm³/mol. The number of esters is 1. The van der Waals surface area contributed by atoms with Crippen LogP contribution in [0.15, 0.2) is 22.8 Å². The van der Waals surface area contributed by atoms with Crippen molar-refractivity contribution in [3.63, 3.8) is 0 Å². The molecule has 0 heterocycles. The predicted octanol–water partition coefficient (Wildman–Crippen LogP) is 5.67. The summed E-state index contributed by atoms with van der Waals surface area (Å²) in [6.45, 7) is 14.5. The molecule has 4 aliphatic rings. The molecule has 0 amide bonds. The highest BCUT2D eigenvalue weighted by Crippen LogP contribution is 2.74. The Kier molecular flexibility index (Phi) is 7.53. The molecule has 0 aromatic heterocycles. The molecular formula is C31H48O6. The topological polar surface area (TPSA) is 104 Å². The van der Waals surface area contributed by atoms with E-state index in [0.717, 1.165) is 36.8 Å². The average molecular weight is 517 g/mol. The van der Waals surface area contributed by atoms with E-state index in [0.29, 0.717) is 37.2 Å². The summed E-state index contributed by atoms with van der Waals surface area (Å²) in [6, 6.07) is 0. The van der Waals surface area contributed by atoms with Crippen LogP contribution in [0.4, 0.5) is 0 Å². The van der Waals surface area contributed by atoms with Crippen molar-refractivity contribution in [1.29, 1.82) is 0 Å². The zero-order chi connectivity index (χ0) is 27.5. The van der Waals surface area contributed by atoms with Crippen LogP contribution in [0.1, 0.15) is 99.8 Å². The normalized spacial score (nSPS) is 46.2. The Morgan fingerprint density at radius 3 is 2.30 bits per heavy atom. The molecule has 0 aliphatic heterocycles. The molecule has 0 aromatic carbocycles. The first-order valence-corrected chi connectivity index (χ1v) is 14.3. The number of ether oxygens (including phenoxy) is 1. The number of rotatable bonds is 5. The number of fused-ring (bicyclic) bond motifs is 5. The van der Waals surface area contributed by atoms with Crippen molar-refractivity contribution in [3.05, 3.63) is 22.8 Å². The van der Waals surface area contributed by atoms with Crippen molar-refractivity contribution in [1.82, 2.24) is 0 Å². The van der Waals surface area contributed by atoms with Crippen molar-refractivity contribution < 1.29 is 29.6 Å². The lowest BCUT2D eigenvalue weighted by Crippen LogP contribution is -2.65.